The second-order valence-electron chi connectivity index (χ2n) is 10.4. The molecule has 1 heterocycles. The number of nitrogens with one attached hydrogen (secondary N) is 1. The lowest BCUT2D eigenvalue weighted by molar-refractivity contribution is -0.114. The summed E-state index contributed by atoms with van der Waals surface area (Å²) in [6, 6.07) is 24.1. The number of rotatable bonds is 5. The predicted molar refractivity (Wildman–Crippen MR) is 153 cm³/mol. The van der Waals surface area contributed by atoms with Crippen molar-refractivity contribution in [3.8, 4) is 0 Å². The molecule has 37 heavy (non-hydrogen) atoms. The topological polar surface area (TPSA) is 49.4 Å². The van der Waals surface area contributed by atoms with E-state index in [1.807, 2.05) is 53.4 Å². The lowest BCUT2D eigenvalue weighted by Crippen LogP contribution is -2.43. The van der Waals surface area contributed by atoms with Crippen molar-refractivity contribution in [2.24, 2.45) is 11.8 Å². The van der Waals surface area contributed by atoms with Crippen molar-refractivity contribution in [2.45, 2.75) is 57.5 Å². The number of aryl methyl sites for hydroxylation is 1. The van der Waals surface area contributed by atoms with Crippen LogP contribution < -0.4 is 10.2 Å². The van der Waals surface area contributed by atoms with E-state index in [1.165, 1.54) is 30.2 Å². The van der Waals surface area contributed by atoms with Crippen LogP contribution in [0.4, 0.5) is 5.69 Å². The Morgan fingerprint density at radius 2 is 1.73 bits per heavy atom. The standard InChI is InChI=1S/C32H34N2O2S/c1-21-11-13-25(14-12-21)20-34-28-9-4-5-10-29(28)37-30(32(34)36)19-24-15-17-26(18-16-24)31(35)33-27-8-6-7-22(2)23(27)3/h4-5,9-19,22-23,27H,6-8,20H2,1-3H3,(H,33,35)/b30-19+/t22-,23+,27+/m0/s1. The molecule has 1 aliphatic heterocycles. The number of benzene rings is 3. The Morgan fingerprint density at radius 3 is 2.49 bits per heavy atom. The van der Waals surface area contributed by atoms with Crippen molar-refractivity contribution in [3.63, 3.8) is 0 Å². The molecular formula is C32H34N2O2S. The van der Waals surface area contributed by atoms with Crippen LogP contribution in [0.15, 0.2) is 82.6 Å². The second kappa shape index (κ2) is 11.0. The van der Waals surface area contributed by atoms with Crippen LogP contribution in [0.1, 0.15) is 60.2 Å². The number of para-hydroxylation sites is 1. The zero-order valence-corrected chi connectivity index (χ0v) is 22.6. The van der Waals surface area contributed by atoms with Crippen molar-refractivity contribution in [3.05, 3.63) is 100.0 Å². The quantitative estimate of drug-likeness (QED) is 0.368. The van der Waals surface area contributed by atoms with Crippen LogP contribution in [0.5, 0.6) is 0 Å². The van der Waals surface area contributed by atoms with Crippen LogP contribution in [0.2, 0.25) is 0 Å². The molecule has 3 atom stereocenters. The summed E-state index contributed by atoms with van der Waals surface area (Å²) in [5.74, 6) is 1.09. The normalized spacial score (nSPS) is 22.6. The van der Waals surface area contributed by atoms with E-state index < -0.39 is 0 Å². The Labute approximate surface area is 224 Å². The van der Waals surface area contributed by atoms with Gasteiger partial charge >= 0.3 is 0 Å². The van der Waals surface area contributed by atoms with Gasteiger partial charge in [0.15, 0.2) is 0 Å². The molecule has 1 saturated carbocycles. The SMILES string of the molecule is Cc1ccc(CN2C(=O)/C(=C\c3ccc(C(=O)N[C@@H]4CCC[C@H](C)[C@H]4C)cc3)Sc3ccccc32)cc1. The zero-order valence-electron chi connectivity index (χ0n) is 21.7. The summed E-state index contributed by atoms with van der Waals surface area (Å²) < 4.78 is 0. The first-order valence-corrected chi connectivity index (χ1v) is 14.0. The van der Waals surface area contributed by atoms with Crippen molar-refractivity contribution in [1.82, 2.24) is 5.32 Å². The second-order valence-corrected chi connectivity index (χ2v) is 11.5. The minimum atomic E-state index is -0.0218. The molecule has 0 saturated heterocycles. The van der Waals surface area contributed by atoms with Gasteiger partial charge in [0.2, 0.25) is 0 Å². The molecule has 1 N–H and O–H groups in total. The first kappa shape index (κ1) is 25.3. The van der Waals surface area contributed by atoms with Crippen LogP contribution in [-0.2, 0) is 11.3 Å². The fourth-order valence-corrected chi connectivity index (χ4v) is 6.27. The third-order valence-corrected chi connectivity index (χ3v) is 8.86. The number of carbonyl (C=O) groups excluding carboxylic acids is 2. The Kier molecular flexibility index (Phi) is 7.52. The minimum absolute atomic E-state index is 0.00787. The van der Waals surface area contributed by atoms with E-state index in [4.69, 9.17) is 0 Å². The third-order valence-electron chi connectivity index (χ3n) is 7.79. The van der Waals surface area contributed by atoms with E-state index in [1.54, 1.807) is 0 Å². The van der Waals surface area contributed by atoms with E-state index in [9.17, 15) is 9.59 Å². The maximum absolute atomic E-state index is 13.6. The van der Waals surface area contributed by atoms with Crippen molar-refractivity contribution >= 4 is 35.3 Å². The Hall–Kier alpha value is -3.31. The van der Waals surface area contributed by atoms with Crippen molar-refractivity contribution < 1.29 is 9.59 Å². The number of amides is 2. The lowest BCUT2D eigenvalue weighted by Gasteiger charge is -2.34. The summed E-state index contributed by atoms with van der Waals surface area (Å²) in [5, 5.41) is 3.25. The highest BCUT2D eigenvalue weighted by Crippen LogP contribution is 2.42. The van der Waals surface area contributed by atoms with Gasteiger partial charge in [0.05, 0.1) is 17.1 Å². The molecule has 1 fully saturated rings. The molecule has 3 aromatic rings. The maximum atomic E-state index is 13.6. The molecule has 1 aliphatic carbocycles. The van der Waals surface area contributed by atoms with Crippen molar-refractivity contribution in [1.29, 1.82) is 0 Å². The van der Waals surface area contributed by atoms with Crippen molar-refractivity contribution in [2.75, 3.05) is 4.90 Å². The molecule has 0 unspecified atom stereocenters. The summed E-state index contributed by atoms with van der Waals surface area (Å²) in [6.07, 6.45) is 5.37. The average molecular weight is 511 g/mol. The highest BCUT2D eigenvalue weighted by molar-refractivity contribution is 8.04. The van der Waals surface area contributed by atoms with Gasteiger partial charge in [-0.1, -0.05) is 92.5 Å². The molecular weight excluding hydrogens is 476 g/mol. The van der Waals surface area contributed by atoms with Gasteiger partial charge in [0.1, 0.15) is 0 Å². The van der Waals surface area contributed by atoms with Crippen LogP contribution >= 0.6 is 11.8 Å². The zero-order chi connectivity index (χ0) is 25.9. The van der Waals surface area contributed by atoms with E-state index in [2.05, 4.69) is 56.4 Å². The van der Waals surface area contributed by atoms with Gasteiger partial charge in [-0.2, -0.15) is 0 Å². The molecule has 0 aromatic heterocycles. The fourth-order valence-electron chi connectivity index (χ4n) is 5.21. The molecule has 2 aliphatic rings. The first-order valence-electron chi connectivity index (χ1n) is 13.2. The molecule has 3 aromatic carbocycles. The van der Waals surface area contributed by atoms with E-state index in [0.717, 1.165) is 28.1 Å². The molecule has 190 valence electrons. The smallest absolute Gasteiger partial charge is 0.265 e. The van der Waals surface area contributed by atoms with Gasteiger partial charge < -0.3 is 10.2 Å². The van der Waals surface area contributed by atoms with Gasteiger partial charge in [-0.05, 0) is 66.6 Å². The molecule has 0 bridgehead atoms. The van der Waals surface area contributed by atoms with Crippen LogP contribution in [0.3, 0.4) is 0 Å². The number of anilines is 1. The third kappa shape index (κ3) is 5.67. The highest BCUT2D eigenvalue weighted by Gasteiger charge is 2.30. The van der Waals surface area contributed by atoms with Crippen LogP contribution in [0.25, 0.3) is 6.08 Å². The average Bonchev–Trinajstić information content (AvgIpc) is 2.90. The Balaban J connectivity index is 1.34. The van der Waals surface area contributed by atoms with Gasteiger partial charge in [-0.15, -0.1) is 0 Å². The van der Waals surface area contributed by atoms with Gasteiger partial charge in [-0.3, -0.25) is 9.59 Å². The lowest BCUT2D eigenvalue weighted by atomic mass is 9.78. The summed E-state index contributed by atoms with van der Waals surface area (Å²) >= 11 is 1.50. The number of fused-ring (bicyclic) bond motifs is 1. The molecule has 2 amide bonds. The first-order chi connectivity index (χ1) is 17.9. The number of nitrogens with zero attached hydrogens (tertiary/aromatic N) is 1. The maximum Gasteiger partial charge on any atom is 0.265 e. The fraction of sp³-hybridized carbons (Fsp3) is 0.312. The molecule has 0 radical (unpaired) electrons. The van der Waals surface area contributed by atoms with Crippen LogP contribution in [0, 0.1) is 18.8 Å². The van der Waals surface area contributed by atoms with E-state index in [-0.39, 0.29) is 17.9 Å². The summed E-state index contributed by atoms with van der Waals surface area (Å²) in [7, 11) is 0. The molecule has 0 spiro atoms. The van der Waals surface area contributed by atoms with E-state index >= 15 is 0 Å². The Morgan fingerprint density at radius 1 is 1.00 bits per heavy atom. The predicted octanol–water partition coefficient (Wildman–Crippen LogP) is 7.23. The number of hydrogen-bond acceptors (Lipinski definition) is 3. The number of thioether (sulfide) groups is 1. The summed E-state index contributed by atoms with van der Waals surface area (Å²) in [6.45, 7) is 7.10. The van der Waals surface area contributed by atoms with Gasteiger partial charge in [-0.25, -0.2) is 0 Å². The Bertz CT molecular complexity index is 1310. The van der Waals surface area contributed by atoms with Gasteiger partial charge in [0.25, 0.3) is 11.8 Å². The number of carbonyl (C=O) groups is 2. The molecule has 5 rings (SSSR count). The van der Waals surface area contributed by atoms with Crippen LogP contribution in [-0.4, -0.2) is 17.9 Å². The van der Waals surface area contributed by atoms with E-state index in [0.29, 0.717) is 28.8 Å². The minimum Gasteiger partial charge on any atom is -0.349 e. The number of hydrogen-bond donors (Lipinski definition) is 1. The molecule has 4 nitrogen and oxygen atoms in total. The largest absolute Gasteiger partial charge is 0.349 e. The monoisotopic (exact) mass is 510 g/mol. The summed E-state index contributed by atoms with van der Waals surface area (Å²) in [4.78, 5) is 30.1. The highest BCUT2D eigenvalue weighted by atomic mass is 32.2. The summed E-state index contributed by atoms with van der Waals surface area (Å²) in [5.41, 5.74) is 4.79. The molecule has 5 heteroatoms. The van der Waals surface area contributed by atoms with Gasteiger partial charge in [0, 0.05) is 16.5 Å².